The summed E-state index contributed by atoms with van der Waals surface area (Å²) in [5.74, 6) is 0.105. The van der Waals surface area contributed by atoms with Gasteiger partial charge in [-0.2, -0.15) is 0 Å². The number of aliphatic hydroxyl groups is 4. The van der Waals surface area contributed by atoms with Crippen LogP contribution in [0.25, 0.3) is 6.08 Å². The van der Waals surface area contributed by atoms with E-state index in [4.69, 9.17) is 4.74 Å². The fraction of sp³-hybridized carbons (Fsp3) is 0.467. The molecule has 0 radical (unpaired) electrons. The number of rotatable bonds is 4. The highest BCUT2D eigenvalue weighted by molar-refractivity contribution is 5.56. The molecule has 0 bridgehead atoms. The first-order valence-corrected chi connectivity index (χ1v) is 6.79. The zero-order valence-electron chi connectivity index (χ0n) is 11.4. The number of hydrogen-bond donors (Lipinski definition) is 5. The minimum atomic E-state index is -1.28. The second-order valence-electron chi connectivity index (χ2n) is 5.14. The molecule has 1 aromatic rings. The van der Waals surface area contributed by atoms with Crippen LogP contribution in [0.3, 0.4) is 0 Å². The van der Waals surface area contributed by atoms with Gasteiger partial charge in [-0.25, -0.2) is 0 Å². The summed E-state index contributed by atoms with van der Waals surface area (Å²) < 4.78 is 5.22. The Hall–Kier alpha value is -1.44. The fourth-order valence-corrected chi connectivity index (χ4v) is 2.23. The average Bonchev–Trinajstić information content (AvgIpc) is 2.47. The van der Waals surface area contributed by atoms with Gasteiger partial charge in [-0.15, -0.1) is 0 Å². The Labute approximate surface area is 122 Å². The van der Waals surface area contributed by atoms with Gasteiger partial charge in [0.25, 0.3) is 0 Å². The van der Waals surface area contributed by atoms with Crippen LogP contribution in [0.1, 0.15) is 12.0 Å². The maximum atomic E-state index is 9.92. The molecule has 1 heterocycles. The summed E-state index contributed by atoms with van der Waals surface area (Å²) in [6.45, 7) is -0.0845. The highest BCUT2D eigenvalue weighted by Gasteiger charge is 2.37. The first-order valence-electron chi connectivity index (χ1n) is 6.79. The zero-order valence-corrected chi connectivity index (χ0v) is 11.4. The van der Waals surface area contributed by atoms with Crippen molar-refractivity contribution in [3.63, 3.8) is 0 Å². The molecule has 1 fully saturated rings. The normalized spacial score (nSPS) is 31.4. The molecule has 0 saturated carbocycles. The van der Waals surface area contributed by atoms with Crippen molar-refractivity contribution in [2.24, 2.45) is 0 Å². The molecule has 1 aliphatic heterocycles. The molecule has 116 valence electrons. The van der Waals surface area contributed by atoms with E-state index in [-0.39, 0.29) is 18.8 Å². The maximum Gasteiger partial charge on any atom is 0.122 e. The summed E-state index contributed by atoms with van der Waals surface area (Å²) in [4.78, 5) is 0. The van der Waals surface area contributed by atoms with Crippen LogP contribution in [0, 0.1) is 0 Å². The Morgan fingerprint density at radius 1 is 1.19 bits per heavy atom. The maximum absolute atomic E-state index is 9.92. The summed E-state index contributed by atoms with van der Waals surface area (Å²) in [5.41, 5.74) is 0.567. The number of phenols is 1. The standard InChI is InChI=1S/C15H20O6/c16-10(6-5-9-3-1-2-4-11(9)17)7-13-15(20)14(19)12(18)8-21-13/h1-6,10,12-20H,7-8H2/t10?,12-,13?,14+,15+/m1/s1. The van der Waals surface area contributed by atoms with E-state index < -0.39 is 30.5 Å². The number of benzene rings is 1. The monoisotopic (exact) mass is 296 g/mol. The van der Waals surface area contributed by atoms with Crippen molar-refractivity contribution >= 4 is 6.08 Å². The predicted octanol–water partition coefficient (Wildman–Crippen LogP) is -0.362. The van der Waals surface area contributed by atoms with Crippen molar-refractivity contribution in [1.29, 1.82) is 0 Å². The van der Waals surface area contributed by atoms with Gasteiger partial charge in [-0.05, 0) is 6.07 Å². The number of para-hydroxylation sites is 1. The summed E-state index contributed by atoms with van der Waals surface area (Å²) in [6.07, 6.45) is -2.19. The molecular weight excluding hydrogens is 276 g/mol. The molecule has 0 aliphatic carbocycles. The van der Waals surface area contributed by atoms with Crippen molar-refractivity contribution in [3.8, 4) is 5.75 Å². The van der Waals surface area contributed by atoms with Crippen LogP contribution in [-0.2, 0) is 4.74 Å². The zero-order chi connectivity index (χ0) is 15.4. The van der Waals surface area contributed by atoms with E-state index in [0.29, 0.717) is 5.56 Å². The Morgan fingerprint density at radius 3 is 2.62 bits per heavy atom. The molecule has 5 N–H and O–H groups in total. The summed E-state index contributed by atoms with van der Waals surface area (Å²) in [6, 6.07) is 6.70. The van der Waals surface area contributed by atoms with Gasteiger partial charge >= 0.3 is 0 Å². The topological polar surface area (TPSA) is 110 Å². The van der Waals surface area contributed by atoms with Crippen LogP contribution in [0.4, 0.5) is 0 Å². The molecule has 5 atom stereocenters. The van der Waals surface area contributed by atoms with Gasteiger partial charge in [-0.1, -0.05) is 30.4 Å². The quantitative estimate of drug-likeness (QED) is 0.519. The van der Waals surface area contributed by atoms with E-state index >= 15 is 0 Å². The van der Waals surface area contributed by atoms with Crippen molar-refractivity contribution in [2.75, 3.05) is 6.61 Å². The fourth-order valence-electron chi connectivity index (χ4n) is 2.23. The van der Waals surface area contributed by atoms with Crippen molar-refractivity contribution < 1.29 is 30.3 Å². The largest absolute Gasteiger partial charge is 0.507 e. The third kappa shape index (κ3) is 4.03. The highest BCUT2D eigenvalue weighted by atomic mass is 16.5. The molecule has 0 aromatic heterocycles. The molecule has 0 amide bonds. The number of ether oxygens (including phenoxy) is 1. The molecule has 1 saturated heterocycles. The molecule has 0 spiro atoms. The second-order valence-corrected chi connectivity index (χ2v) is 5.14. The van der Waals surface area contributed by atoms with Crippen LogP contribution in [0.15, 0.2) is 30.3 Å². The minimum absolute atomic E-state index is 0.0784. The lowest BCUT2D eigenvalue weighted by Crippen LogP contribution is -2.53. The third-order valence-electron chi connectivity index (χ3n) is 3.51. The number of aromatic hydroxyl groups is 1. The van der Waals surface area contributed by atoms with Crippen LogP contribution in [0.2, 0.25) is 0 Å². The summed E-state index contributed by atoms with van der Waals surface area (Å²) >= 11 is 0. The van der Waals surface area contributed by atoms with Gasteiger partial charge < -0.3 is 30.3 Å². The van der Waals surface area contributed by atoms with Crippen molar-refractivity contribution in [2.45, 2.75) is 36.9 Å². The van der Waals surface area contributed by atoms with Gasteiger partial charge in [0, 0.05) is 12.0 Å². The molecular formula is C15H20O6. The van der Waals surface area contributed by atoms with E-state index in [1.165, 1.54) is 12.1 Å². The molecule has 1 aromatic carbocycles. The lowest BCUT2D eigenvalue weighted by Gasteiger charge is -2.35. The third-order valence-corrected chi connectivity index (χ3v) is 3.51. The summed E-state index contributed by atoms with van der Waals surface area (Å²) in [7, 11) is 0. The molecule has 6 nitrogen and oxygen atoms in total. The Balaban J connectivity index is 1.93. The van der Waals surface area contributed by atoms with Crippen LogP contribution >= 0.6 is 0 Å². The van der Waals surface area contributed by atoms with Gasteiger partial charge in [0.15, 0.2) is 0 Å². The van der Waals surface area contributed by atoms with Crippen LogP contribution in [0.5, 0.6) is 5.75 Å². The van der Waals surface area contributed by atoms with Crippen LogP contribution in [-0.4, -0.2) is 62.7 Å². The molecule has 2 unspecified atom stereocenters. The van der Waals surface area contributed by atoms with Crippen molar-refractivity contribution in [3.05, 3.63) is 35.9 Å². The predicted molar refractivity (Wildman–Crippen MR) is 75.5 cm³/mol. The SMILES string of the molecule is Oc1ccccc1C=CC(O)CC1OC[C@@H](O)[C@H](O)[C@H]1O. The van der Waals surface area contributed by atoms with E-state index in [1.807, 2.05) is 0 Å². The first-order chi connectivity index (χ1) is 9.99. The Kier molecular flexibility index (Phi) is 5.33. The molecule has 21 heavy (non-hydrogen) atoms. The second kappa shape index (κ2) is 7.02. The van der Waals surface area contributed by atoms with E-state index in [0.717, 1.165) is 0 Å². The van der Waals surface area contributed by atoms with E-state index in [9.17, 15) is 25.5 Å². The van der Waals surface area contributed by atoms with Gasteiger partial charge in [-0.3, -0.25) is 0 Å². The molecule has 2 rings (SSSR count). The lowest BCUT2D eigenvalue weighted by molar-refractivity contribution is -0.191. The minimum Gasteiger partial charge on any atom is -0.507 e. The number of aliphatic hydroxyl groups excluding tert-OH is 4. The molecule has 1 aliphatic rings. The first kappa shape index (κ1) is 15.9. The van der Waals surface area contributed by atoms with Gasteiger partial charge in [0.2, 0.25) is 0 Å². The van der Waals surface area contributed by atoms with E-state index in [1.54, 1.807) is 24.3 Å². The van der Waals surface area contributed by atoms with Crippen LogP contribution < -0.4 is 0 Å². The smallest absolute Gasteiger partial charge is 0.122 e. The highest BCUT2D eigenvalue weighted by Crippen LogP contribution is 2.21. The lowest BCUT2D eigenvalue weighted by atomic mass is 9.96. The van der Waals surface area contributed by atoms with Crippen molar-refractivity contribution in [1.82, 2.24) is 0 Å². The van der Waals surface area contributed by atoms with Gasteiger partial charge in [0.05, 0.1) is 18.8 Å². The van der Waals surface area contributed by atoms with Gasteiger partial charge in [0.1, 0.15) is 24.1 Å². The Bertz CT molecular complexity index is 489. The average molecular weight is 296 g/mol. The Morgan fingerprint density at radius 2 is 1.90 bits per heavy atom. The summed E-state index contributed by atoms with van der Waals surface area (Å²) in [5, 5.41) is 48.2. The number of phenolic OH excluding ortho intramolecular Hbond substituents is 1. The number of hydrogen-bond acceptors (Lipinski definition) is 6. The molecule has 6 heteroatoms. The van der Waals surface area contributed by atoms with E-state index in [2.05, 4.69) is 0 Å².